The van der Waals surface area contributed by atoms with Gasteiger partial charge in [-0.1, -0.05) is 30.3 Å². The van der Waals surface area contributed by atoms with Crippen LogP contribution in [0.5, 0.6) is 0 Å². The number of amides is 1. The standard InChI is InChI=1S/C26H29N3O4S/c1-16-19(12-17-14-33-15-17)4-3-5-20(16)21-6-7-22(26(27)30)25-23(21)13-24(28-25)18-8-10-29(11-9-18)34(2,31)32/h3-8,13,17,28H,9-12,14-15H2,1-2H3,(H2,27,30). The van der Waals surface area contributed by atoms with Gasteiger partial charge in [0.05, 0.1) is 30.5 Å². The van der Waals surface area contributed by atoms with Gasteiger partial charge in [0, 0.05) is 30.1 Å². The quantitative estimate of drug-likeness (QED) is 0.565. The number of nitrogens with zero attached hydrogens (tertiary/aromatic N) is 1. The first kappa shape index (κ1) is 22.8. The summed E-state index contributed by atoms with van der Waals surface area (Å²) in [6.45, 7) is 4.55. The van der Waals surface area contributed by atoms with E-state index in [1.807, 2.05) is 12.1 Å². The Bertz CT molecular complexity index is 1420. The number of sulfonamides is 1. The normalized spacial score (nSPS) is 17.5. The fourth-order valence-corrected chi connectivity index (χ4v) is 5.71. The Morgan fingerprint density at radius 1 is 1.21 bits per heavy atom. The van der Waals surface area contributed by atoms with E-state index in [-0.39, 0.29) is 0 Å². The van der Waals surface area contributed by atoms with E-state index < -0.39 is 15.9 Å². The van der Waals surface area contributed by atoms with Crippen molar-refractivity contribution in [2.45, 2.75) is 19.8 Å². The summed E-state index contributed by atoms with van der Waals surface area (Å²) in [7, 11) is -3.22. The third kappa shape index (κ3) is 4.17. The first-order chi connectivity index (χ1) is 16.2. The highest BCUT2D eigenvalue weighted by Gasteiger charge is 2.23. The molecule has 2 aromatic carbocycles. The maximum absolute atomic E-state index is 12.2. The number of nitrogens with one attached hydrogen (secondary N) is 1. The maximum atomic E-state index is 12.2. The molecule has 0 bridgehead atoms. The molecule has 0 spiro atoms. The number of H-pyrrole nitrogens is 1. The topological polar surface area (TPSA) is 105 Å². The molecule has 178 valence electrons. The summed E-state index contributed by atoms with van der Waals surface area (Å²) in [6, 6.07) is 12.2. The van der Waals surface area contributed by atoms with E-state index >= 15 is 0 Å². The van der Waals surface area contributed by atoms with Gasteiger partial charge in [-0.15, -0.1) is 0 Å². The molecule has 0 aliphatic carbocycles. The summed E-state index contributed by atoms with van der Waals surface area (Å²) in [4.78, 5) is 15.6. The minimum atomic E-state index is -3.22. The van der Waals surface area contributed by atoms with Crippen molar-refractivity contribution in [3.8, 4) is 11.1 Å². The molecule has 34 heavy (non-hydrogen) atoms. The van der Waals surface area contributed by atoms with Crippen molar-refractivity contribution in [3.05, 3.63) is 64.9 Å². The molecule has 3 aromatic rings. The Morgan fingerprint density at radius 2 is 2.00 bits per heavy atom. The van der Waals surface area contributed by atoms with Gasteiger partial charge in [0.2, 0.25) is 10.0 Å². The lowest BCUT2D eigenvalue weighted by atomic mass is 9.89. The van der Waals surface area contributed by atoms with Crippen molar-refractivity contribution in [1.82, 2.24) is 9.29 Å². The van der Waals surface area contributed by atoms with Gasteiger partial charge in [-0.3, -0.25) is 4.79 Å². The number of benzene rings is 2. The van der Waals surface area contributed by atoms with Gasteiger partial charge in [0.1, 0.15) is 0 Å². The highest BCUT2D eigenvalue weighted by molar-refractivity contribution is 7.88. The van der Waals surface area contributed by atoms with Crippen LogP contribution < -0.4 is 5.73 Å². The minimum Gasteiger partial charge on any atom is -0.381 e. The minimum absolute atomic E-state index is 0.338. The van der Waals surface area contributed by atoms with E-state index in [0.717, 1.165) is 47.4 Å². The highest BCUT2D eigenvalue weighted by atomic mass is 32.2. The van der Waals surface area contributed by atoms with Crippen molar-refractivity contribution >= 4 is 32.4 Å². The number of rotatable bonds is 6. The number of carbonyl (C=O) groups excluding carboxylic acids is 1. The second-order valence-corrected chi connectivity index (χ2v) is 11.3. The Balaban J connectivity index is 1.59. The number of aromatic nitrogens is 1. The molecule has 1 fully saturated rings. The molecular weight excluding hydrogens is 450 g/mol. The van der Waals surface area contributed by atoms with E-state index in [1.54, 1.807) is 6.07 Å². The first-order valence-electron chi connectivity index (χ1n) is 11.5. The van der Waals surface area contributed by atoms with Crippen LogP contribution >= 0.6 is 0 Å². The summed E-state index contributed by atoms with van der Waals surface area (Å²) in [5, 5.41) is 0.935. The molecule has 2 aliphatic rings. The number of carbonyl (C=O) groups is 1. The molecule has 5 rings (SSSR count). The lowest BCUT2D eigenvalue weighted by Gasteiger charge is -2.27. The van der Waals surface area contributed by atoms with Gasteiger partial charge in [-0.25, -0.2) is 8.42 Å². The average Bonchev–Trinajstić information content (AvgIpc) is 3.21. The zero-order valence-corrected chi connectivity index (χ0v) is 20.2. The van der Waals surface area contributed by atoms with Crippen LogP contribution in [0, 0.1) is 12.8 Å². The monoisotopic (exact) mass is 479 g/mol. The van der Waals surface area contributed by atoms with Gasteiger partial charge >= 0.3 is 0 Å². The maximum Gasteiger partial charge on any atom is 0.250 e. The van der Waals surface area contributed by atoms with Crippen LogP contribution in [0.25, 0.3) is 27.6 Å². The van der Waals surface area contributed by atoms with E-state index in [4.69, 9.17) is 10.5 Å². The van der Waals surface area contributed by atoms with Crippen LogP contribution in [0.3, 0.4) is 0 Å². The van der Waals surface area contributed by atoms with Gasteiger partial charge in [0.25, 0.3) is 5.91 Å². The van der Waals surface area contributed by atoms with E-state index in [0.29, 0.717) is 36.5 Å². The number of aromatic amines is 1. The van der Waals surface area contributed by atoms with Crippen LogP contribution in [-0.2, 0) is 21.2 Å². The fraction of sp³-hybridized carbons (Fsp3) is 0.346. The summed E-state index contributed by atoms with van der Waals surface area (Å²) in [6.07, 6.45) is 4.75. The summed E-state index contributed by atoms with van der Waals surface area (Å²) in [5.41, 5.74) is 13.5. The molecule has 3 heterocycles. The molecule has 8 heteroatoms. The van der Waals surface area contributed by atoms with Crippen LogP contribution in [0.1, 0.15) is 33.6 Å². The van der Waals surface area contributed by atoms with Crippen LogP contribution in [0.2, 0.25) is 0 Å². The Morgan fingerprint density at radius 3 is 2.62 bits per heavy atom. The highest BCUT2D eigenvalue weighted by Crippen LogP contribution is 2.37. The van der Waals surface area contributed by atoms with Gasteiger partial charge in [0.15, 0.2) is 0 Å². The van der Waals surface area contributed by atoms with Crippen molar-refractivity contribution in [2.24, 2.45) is 11.7 Å². The number of hydrogen-bond acceptors (Lipinski definition) is 4. The number of ether oxygens (including phenoxy) is 1. The lowest BCUT2D eigenvalue weighted by molar-refractivity contribution is -0.0312. The summed E-state index contributed by atoms with van der Waals surface area (Å²) >= 11 is 0. The largest absolute Gasteiger partial charge is 0.381 e. The van der Waals surface area contributed by atoms with E-state index in [1.165, 1.54) is 21.7 Å². The van der Waals surface area contributed by atoms with Crippen LogP contribution in [-0.4, -0.2) is 56.2 Å². The lowest BCUT2D eigenvalue weighted by Crippen LogP contribution is -2.33. The zero-order chi connectivity index (χ0) is 24.0. The summed E-state index contributed by atoms with van der Waals surface area (Å²) in [5.74, 6) is 0.0797. The fourth-order valence-electron chi connectivity index (χ4n) is 4.94. The molecular formula is C26H29N3O4S. The van der Waals surface area contributed by atoms with Crippen molar-refractivity contribution in [3.63, 3.8) is 0 Å². The van der Waals surface area contributed by atoms with Gasteiger partial charge in [-0.2, -0.15) is 4.31 Å². The average molecular weight is 480 g/mol. The Labute approximate surface area is 199 Å². The number of primary amides is 1. The third-order valence-electron chi connectivity index (χ3n) is 7.00. The molecule has 2 aliphatic heterocycles. The third-order valence-corrected chi connectivity index (χ3v) is 8.27. The van der Waals surface area contributed by atoms with Crippen LogP contribution in [0.15, 0.2) is 42.5 Å². The van der Waals surface area contributed by atoms with Crippen molar-refractivity contribution in [1.29, 1.82) is 0 Å². The second-order valence-electron chi connectivity index (χ2n) is 9.29. The van der Waals surface area contributed by atoms with Gasteiger partial charge < -0.3 is 15.5 Å². The smallest absolute Gasteiger partial charge is 0.250 e. The molecule has 1 aromatic heterocycles. The van der Waals surface area contributed by atoms with E-state index in [9.17, 15) is 13.2 Å². The second kappa shape index (κ2) is 8.69. The van der Waals surface area contributed by atoms with Crippen molar-refractivity contribution < 1.29 is 17.9 Å². The summed E-state index contributed by atoms with van der Waals surface area (Å²) < 4.78 is 30.6. The number of hydrogen-bond donors (Lipinski definition) is 2. The molecule has 0 radical (unpaired) electrons. The number of fused-ring (bicyclic) bond motifs is 1. The molecule has 0 unspecified atom stereocenters. The zero-order valence-electron chi connectivity index (χ0n) is 19.4. The molecule has 3 N–H and O–H groups in total. The van der Waals surface area contributed by atoms with Crippen LogP contribution in [0.4, 0.5) is 0 Å². The predicted octanol–water partition coefficient (Wildman–Crippen LogP) is 3.48. The molecule has 1 saturated heterocycles. The van der Waals surface area contributed by atoms with E-state index in [2.05, 4.69) is 36.2 Å². The SMILES string of the molecule is Cc1c(CC2COC2)cccc1-c1ccc(C(N)=O)c2[nH]c(C3=CCN(S(C)(=O)=O)CC3)cc12. The predicted molar refractivity (Wildman–Crippen MR) is 134 cm³/mol. The molecule has 0 atom stereocenters. The Hall–Kier alpha value is -2.94. The molecule has 0 saturated carbocycles. The molecule has 1 amide bonds. The Kier molecular flexibility index (Phi) is 5.83. The van der Waals surface area contributed by atoms with Gasteiger partial charge in [-0.05, 0) is 59.7 Å². The first-order valence-corrected chi connectivity index (χ1v) is 13.3. The van der Waals surface area contributed by atoms with Crippen molar-refractivity contribution in [2.75, 3.05) is 32.6 Å². The molecule has 7 nitrogen and oxygen atoms in total. The number of nitrogens with two attached hydrogens (primary N) is 1.